The van der Waals surface area contributed by atoms with Crippen LogP contribution in [0.4, 0.5) is 4.39 Å². The van der Waals surface area contributed by atoms with Crippen LogP contribution in [0.2, 0.25) is 0 Å². The molecule has 0 saturated carbocycles. The van der Waals surface area contributed by atoms with Crippen LogP contribution < -0.4 is 0 Å². The minimum absolute atomic E-state index is 0.0441. The summed E-state index contributed by atoms with van der Waals surface area (Å²) in [6, 6.07) is 6.03. The van der Waals surface area contributed by atoms with Crippen molar-refractivity contribution in [2.75, 3.05) is 13.2 Å². The Kier molecular flexibility index (Phi) is 8.88. The summed E-state index contributed by atoms with van der Waals surface area (Å²) >= 11 is 0. The van der Waals surface area contributed by atoms with Crippen molar-refractivity contribution in [1.29, 1.82) is 0 Å². The first-order valence-corrected chi connectivity index (χ1v) is 7.56. The first-order chi connectivity index (χ1) is 9.72. The Labute approximate surface area is 121 Å². The van der Waals surface area contributed by atoms with E-state index in [1.807, 2.05) is 0 Å². The Morgan fingerprint density at radius 2 is 1.70 bits per heavy atom. The lowest BCUT2D eigenvalue weighted by Gasteiger charge is -2.04. The molecule has 0 aliphatic heterocycles. The largest absolute Gasteiger partial charge is 0.374 e. The van der Waals surface area contributed by atoms with Crippen molar-refractivity contribution in [1.82, 2.24) is 0 Å². The fourth-order valence-corrected chi connectivity index (χ4v) is 2.05. The van der Waals surface area contributed by atoms with E-state index < -0.39 is 0 Å². The molecule has 0 fully saturated rings. The van der Waals surface area contributed by atoms with Gasteiger partial charge in [0.2, 0.25) is 0 Å². The minimum Gasteiger partial charge on any atom is -0.374 e. The first-order valence-electron chi connectivity index (χ1n) is 7.56. The standard InChI is InChI=1S/C17H25FO2/c1-2-3-4-5-6-7-12-20-14-17(19)13-15-8-10-16(18)11-9-15/h8-11H,2-7,12-14H2,1H3. The van der Waals surface area contributed by atoms with Crippen LogP contribution in [0.3, 0.4) is 0 Å². The van der Waals surface area contributed by atoms with Gasteiger partial charge in [-0.15, -0.1) is 0 Å². The fraction of sp³-hybridized carbons (Fsp3) is 0.588. The molecule has 0 saturated heterocycles. The van der Waals surface area contributed by atoms with Crippen LogP contribution in [-0.2, 0) is 16.0 Å². The highest BCUT2D eigenvalue weighted by molar-refractivity contribution is 5.82. The molecule has 0 spiro atoms. The van der Waals surface area contributed by atoms with Gasteiger partial charge in [0.25, 0.3) is 0 Å². The van der Waals surface area contributed by atoms with Crippen LogP contribution in [0.15, 0.2) is 24.3 Å². The number of Topliss-reactive ketones (excluding diaryl/α,β-unsaturated/α-hetero) is 1. The van der Waals surface area contributed by atoms with Gasteiger partial charge in [0, 0.05) is 13.0 Å². The predicted molar refractivity (Wildman–Crippen MR) is 79.3 cm³/mol. The van der Waals surface area contributed by atoms with E-state index in [-0.39, 0.29) is 18.2 Å². The van der Waals surface area contributed by atoms with E-state index in [1.54, 1.807) is 12.1 Å². The summed E-state index contributed by atoms with van der Waals surface area (Å²) in [5.74, 6) is -0.233. The van der Waals surface area contributed by atoms with Gasteiger partial charge in [-0.05, 0) is 24.1 Å². The Morgan fingerprint density at radius 3 is 2.40 bits per heavy atom. The highest BCUT2D eigenvalue weighted by Crippen LogP contribution is 2.06. The van der Waals surface area contributed by atoms with Gasteiger partial charge in [-0.3, -0.25) is 4.79 Å². The number of ether oxygens (including phenoxy) is 1. The van der Waals surface area contributed by atoms with Crippen molar-refractivity contribution in [2.24, 2.45) is 0 Å². The normalized spacial score (nSPS) is 10.7. The fourth-order valence-electron chi connectivity index (χ4n) is 2.05. The zero-order valence-corrected chi connectivity index (χ0v) is 12.4. The second-order valence-electron chi connectivity index (χ2n) is 5.16. The molecule has 1 rings (SSSR count). The molecule has 1 aromatic rings. The zero-order chi connectivity index (χ0) is 14.6. The Balaban J connectivity index is 2.01. The quantitative estimate of drug-likeness (QED) is 0.564. The number of hydrogen-bond donors (Lipinski definition) is 0. The molecule has 0 atom stereocenters. The van der Waals surface area contributed by atoms with Crippen LogP contribution >= 0.6 is 0 Å². The summed E-state index contributed by atoms with van der Waals surface area (Å²) in [6.07, 6.45) is 7.61. The zero-order valence-electron chi connectivity index (χ0n) is 12.4. The van der Waals surface area contributed by atoms with Crippen LogP contribution in [0.25, 0.3) is 0 Å². The molecule has 1 aromatic carbocycles. The predicted octanol–water partition coefficient (Wildman–Crippen LogP) is 4.31. The maximum Gasteiger partial charge on any atom is 0.162 e. The summed E-state index contributed by atoms with van der Waals surface area (Å²) in [6.45, 7) is 3.02. The number of hydrogen-bond acceptors (Lipinski definition) is 2. The topological polar surface area (TPSA) is 26.3 Å². The molecule has 0 radical (unpaired) electrons. The molecule has 0 unspecified atom stereocenters. The Hall–Kier alpha value is -1.22. The summed E-state index contributed by atoms with van der Waals surface area (Å²) < 4.78 is 18.1. The third-order valence-corrected chi connectivity index (χ3v) is 3.22. The van der Waals surface area contributed by atoms with Crippen molar-refractivity contribution < 1.29 is 13.9 Å². The van der Waals surface area contributed by atoms with Crippen molar-refractivity contribution >= 4 is 5.78 Å². The number of ketones is 1. The van der Waals surface area contributed by atoms with Gasteiger partial charge in [-0.25, -0.2) is 4.39 Å². The molecule has 0 bridgehead atoms. The third kappa shape index (κ3) is 8.05. The molecule has 20 heavy (non-hydrogen) atoms. The lowest BCUT2D eigenvalue weighted by Crippen LogP contribution is -2.12. The molecule has 112 valence electrons. The number of halogens is 1. The molecule has 0 aromatic heterocycles. The molecule has 0 amide bonds. The highest BCUT2D eigenvalue weighted by atomic mass is 19.1. The maximum atomic E-state index is 12.7. The SMILES string of the molecule is CCCCCCCCOCC(=O)Cc1ccc(F)cc1. The van der Waals surface area contributed by atoms with E-state index in [2.05, 4.69) is 6.92 Å². The molecule has 3 heteroatoms. The van der Waals surface area contributed by atoms with E-state index in [0.717, 1.165) is 12.0 Å². The monoisotopic (exact) mass is 280 g/mol. The van der Waals surface area contributed by atoms with Gasteiger partial charge < -0.3 is 4.74 Å². The Morgan fingerprint density at radius 1 is 1.05 bits per heavy atom. The number of carbonyl (C=O) groups excluding carboxylic acids is 1. The number of benzene rings is 1. The van der Waals surface area contributed by atoms with E-state index in [9.17, 15) is 9.18 Å². The van der Waals surface area contributed by atoms with Crippen LogP contribution in [-0.4, -0.2) is 19.0 Å². The van der Waals surface area contributed by atoms with Crippen molar-refractivity contribution in [3.63, 3.8) is 0 Å². The summed E-state index contributed by atoms with van der Waals surface area (Å²) in [7, 11) is 0. The summed E-state index contributed by atoms with van der Waals surface area (Å²) in [4.78, 5) is 11.7. The van der Waals surface area contributed by atoms with Crippen molar-refractivity contribution in [3.8, 4) is 0 Å². The van der Waals surface area contributed by atoms with Crippen LogP contribution in [0.1, 0.15) is 51.0 Å². The van der Waals surface area contributed by atoms with E-state index in [0.29, 0.717) is 13.0 Å². The lowest BCUT2D eigenvalue weighted by molar-refractivity contribution is -0.122. The molecule has 0 heterocycles. The van der Waals surface area contributed by atoms with Gasteiger partial charge in [-0.1, -0.05) is 51.2 Å². The second kappa shape index (κ2) is 10.6. The van der Waals surface area contributed by atoms with Gasteiger partial charge in [-0.2, -0.15) is 0 Å². The average molecular weight is 280 g/mol. The van der Waals surface area contributed by atoms with Gasteiger partial charge in [0.15, 0.2) is 5.78 Å². The van der Waals surface area contributed by atoms with Crippen LogP contribution in [0, 0.1) is 5.82 Å². The smallest absolute Gasteiger partial charge is 0.162 e. The summed E-state index contributed by atoms with van der Waals surface area (Å²) in [5, 5.41) is 0. The van der Waals surface area contributed by atoms with Gasteiger partial charge >= 0.3 is 0 Å². The maximum absolute atomic E-state index is 12.7. The molecular weight excluding hydrogens is 255 g/mol. The van der Waals surface area contributed by atoms with E-state index in [4.69, 9.17) is 4.74 Å². The van der Waals surface area contributed by atoms with Gasteiger partial charge in [0.1, 0.15) is 12.4 Å². The second-order valence-corrected chi connectivity index (χ2v) is 5.16. The average Bonchev–Trinajstić information content (AvgIpc) is 2.44. The lowest BCUT2D eigenvalue weighted by atomic mass is 10.1. The van der Waals surface area contributed by atoms with Crippen molar-refractivity contribution in [2.45, 2.75) is 51.9 Å². The third-order valence-electron chi connectivity index (χ3n) is 3.22. The van der Waals surface area contributed by atoms with Crippen molar-refractivity contribution in [3.05, 3.63) is 35.6 Å². The van der Waals surface area contributed by atoms with E-state index in [1.165, 1.54) is 44.2 Å². The molecule has 2 nitrogen and oxygen atoms in total. The summed E-state index contributed by atoms with van der Waals surface area (Å²) in [5.41, 5.74) is 0.833. The number of unbranched alkanes of at least 4 members (excludes halogenated alkanes) is 5. The highest BCUT2D eigenvalue weighted by Gasteiger charge is 2.04. The molecule has 0 N–H and O–H groups in total. The molecule has 0 aliphatic carbocycles. The molecular formula is C17H25FO2. The number of carbonyl (C=O) groups is 1. The Bertz CT molecular complexity index is 373. The molecule has 0 aliphatic rings. The number of rotatable bonds is 11. The van der Waals surface area contributed by atoms with Crippen LogP contribution in [0.5, 0.6) is 0 Å². The first kappa shape index (κ1) is 16.8. The van der Waals surface area contributed by atoms with E-state index >= 15 is 0 Å². The minimum atomic E-state index is -0.277. The van der Waals surface area contributed by atoms with Gasteiger partial charge in [0.05, 0.1) is 0 Å².